The normalized spacial score (nSPS) is 18.8. The standard InChI is InChI=1S/C33H35N5O3/c1-22-19-37-20-26(17-29(37)23(2)34-22)28-18-31(40-27-9-7-6-8-10-27)38-21-25(11-12-30(38)35-28)24-13-15-36(16-14-24)32(39)41-33(3,4)5/h6-13,17-21,31H,14-16H2,1-5H3. The van der Waals surface area contributed by atoms with Gasteiger partial charge in [-0.25, -0.2) is 9.79 Å². The highest BCUT2D eigenvalue weighted by Crippen LogP contribution is 2.32. The minimum absolute atomic E-state index is 0.278. The van der Waals surface area contributed by atoms with E-state index in [0.717, 1.165) is 51.7 Å². The molecule has 0 aliphatic carbocycles. The second-order valence-electron chi connectivity index (χ2n) is 11.6. The van der Waals surface area contributed by atoms with E-state index in [2.05, 4.69) is 51.0 Å². The molecule has 0 fully saturated rings. The van der Waals surface area contributed by atoms with Crippen LogP contribution in [0.1, 0.15) is 44.1 Å². The van der Waals surface area contributed by atoms with Gasteiger partial charge in [-0.2, -0.15) is 0 Å². The van der Waals surface area contributed by atoms with Gasteiger partial charge in [0, 0.05) is 43.3 Å². The lowest BCUT2D eigenvalue weighted by Crippen LogP contribution is -2.42. The molecule has 2 aromatic heterocycles. The molecule has 5 heterocycles. The number of allylic oxidation sites excluding steroid dienone is 2. The summed E-state index contributed by atoms with van der Waals surface area (Å²) in [6.45, 7) is 10.8. The molecular formula is C33H35N5O3. The number of amidine groups is 1. The summed E-state index contributed by atoms with van der Waals surface area (Å²) >= 11 is 0. The van der Waals surface area contributed by atoms with E-state index in [1.165, 1.54) is 5.57 Å². The molecule has 0 bridgehead atoms. The first kappa shape index (κ1) is 26.6. The summed E-state index contributed by atoms with van der Waals surface area (Å²) in [5.41, 5.74) is 6.62. The van der Waals surface area contributed by atoms with Crippen LogP contribution in [0.15, 0.2) is 95.4 Å². The molecule has 0 spiro atoms. The number of hydrogen-bond donors (Lipinski definition) is 0. The maximum Gasteiger partial charge on any atom is 0.410 e. The van der Waals surface area contributed by atoms with Crippen molar-refractivity contribution in [3.63, 3.8) is 0 Å². The zero-order valence-corrected chi connectivity index (χ0v) is 24.2. The van der Waals surface area contributed by atoms with Crippen molar-refractivity contribution >= 4 is 23.1 Å². The lowest BCUT2D eigenvalue weighted by Gasteiger charge is -2.35. The largest absolute Gasteiger partial charge is 0.466 e. The predicted octanol–water partition coefficient (Wildman–Crippen LogP) is 6.43. The lowest BCUT2D eigenvalue weighted by atomic mass is 9.97. The molecular weight excluding hydrogens is 514 g/mol. The first-order valence-electron chi connectivity index (χ1n) is 14.0. The van der Waals surface area contributed by atoms with Crippen molar-refractivity contribution in [3.8, 4) is 5.75 Å². The maximum absolute atomic E-state index is 12.5. The fourth-order valence-electron chi connectivity index (χ4n) is 5.26. The van der Waals surface area contributed by atoms with E-state index >= 15 is 0 Å². The van der Waals surface area contributed by atoms with Crippen LogP contribution in [0.3, 0.4) is 0 Å². The Labute approximate surface area is 240 Å². The van der Waals surface area contributed by atoms with Gasteiger partial charge in [0.05, 0.1) is 22.6 Å². The zero-order valence-electron chi connectivity index (χ0n) is 24.2. The van der Waals surface area contributed by atoms with Crippen molar-refractivity contribution in [1.29, 1.82) is 0 Å². The number of aromatic nitrogens is 2. The summed E-state index contributed by atoms with van der Waals surface area (Å²) in [5.74, 6) is 1.58. The first-order valence-corrected chi connectivity index (χ1v) is 14.0. The number of aryl methyl sites for hydroxylation is 2. The number of rotatable bonds is 4. The summed E-state index contributed by atoms with van der Waals surface area (Å²) in [7, 11) is 0. The molecule has 3 aliphatic heterocycles. The van der Waals surface area contributed by atoms with Crippen molar-refractivity contribution in [2.75, 3.05) is 13.1 Å². The van der Waals surface area contributed by atoms with Crippen LogP contribution >= 0.6 is 0 Å². The van der Waals surface area contributed by atoms with E-state index in [4.69, 9.17) is 14.5 Å². The molecule has 0 radical (unpaired) electrons. The van der Waals surface area contributed by atoms with Crippen LogP contribution in [-0.2, 0) is 4.74 Å². The Hall–Kier alpha value is -4.59. The average molecular weight is 550 g/mol. The Morgan fingerprint density at radius 1 is 1.07 bits per heavy atom. The number of hydrogen-bond acceptors (Lipinski definition) is 6. The van der Waals surface area contributed by atoms with Crippen LogP contribution < -0.4 is 4.74 Å². The summed E-state index contributed by atoms with van der Waals surface area (Å²) in [4.78, 5) is 26.0. The number of carbonyl (C=O) groups excluding carboxylic acids is 1. The van der Waals surface area contributed by atoms with Crippen molar-refractivity contribution < 1.29 is 14.3 Å². The highest BCUT2D eigenvalue weighted by molar-refractivity contribution is 6.01. The molecule has 6 rings (SSSR count). The minimum Gasteiger partial charge on any atom is -0.466 e. The van der Waals surface area contributed by atoms with E-state index in [-0.39, 0.29) is 6.09 Å². The number of fused-ring (bicyclic) bond motifs is 2. The maximum atomic E-state index is 12.5. The third-order valence-corrected chi connectivity index (χ3v) is 7.18. The molecule has 1 atom stereocenters. The third-order valence-electron chi connectivity index (χ3n) is 7.18. The summed E-state index contributed by atoms with van der Waals surface area (Å²) < 4.78 is 14.2. The number of amides is 1. The van der Waals surface area contributed by atoms with Gasteiger partial charge in [-0.3, -0.25) is 9.88 Å². The van der Waals surface area contributed by atoms with Gasteiger partial charge in [0.25, 0.3) is 0 Å². The number of carbonyl (C=O) groups is 1. The molecule has 1 unspecified atom stereocenters. The van der Waals surface area contributed by atoms with E-state index in [1.807, 2.05) is 77.2 Å². The molecule has 8 heteroatoms. The highest BCUT2D eigenvalue weighted by atomic mass is 16.6. The Bertz CT molecular complexity index is 1650. The summed E-state index contributed by atoms with van der Waals surface area (Å²) in [6.07, 6.45) is 14.6. The quantitative estimate of drug-likeness (QED) is 0.375. The molecule has 0 N–H and O–H groups in total. The Kier molecular flexibility index (Phi) is 6.77. The molecule has 210 valence electrons. The van der Waals surface area contributed by atoms with Crippen LogP contribution in [0.4, 0.5) is 4.79 Å². The van der Waals surface area contributed by atoms with Crippen molar-refractivity contribution in [2.45, 2.75) is 52.9 Å². The summed E-state index contributed by atoms with van der Waals surface area (Å²) in [5, 5.41) is 0. The monoisotopic (exact) mass is 549 g/mol. The van der Waals surface area contributed by atoms with Gasteiger partial charge in [0.15, 0.2) is 6.23 Å². The van der Waals surface area contributed by atoms with Crippen LogP contribution in [0.5, 0.6) is 5.75 Å². The number of aliphatic imine (C=N–C) groups is 1. The predicted molar refractivity (Wildman–Crippen MR) is 161 cm³/mol. The van der Waals surface area contributed by atoms with Gasteiger partial charge in [0.2, 0.25) is 0 Å². The van der Waals surface area contributed by atoms with Gasteiger partial charge in [0.1, 0.15) is 17.2 Å². The second-order valence-corrected chi connectivity index (χ2v) is 11.6. The first-order chi connectivity index (χ1) is 19.6. The molecule has 0 saturated carbocycles. The van der Waals surface area contributed by atoms with Crippen LogP contribution in [0.25, 0.3) is 11.2 Å². The Morgan fingerprint density at radius 3 is 2.61 bits per heavy atom. The van der Waals surface area contributed by atoms with Gasteiger partial charge in [-0.15, -0.1) is 0 Å². The molecule has 1 amide bonds. The van der Waals surface area contributed by atoms with Gasteiger partial charge in [-0.1, -0.05) is 24.3 Å². The second kappa shape index (κ2) is 10.4. The van der Waals surface area contributed by atoms with Crippen LogP contribution in [0, 0.1) is 13.8 Å². The Morgan fingerprint density at radius 2 is 1.88 bits per heavy atom. The lowest BCUT2D eigenvalue weighted by molar-refractivity contribution is 0.0266. The van der Waals surface area contributed by atoms with Gasteiger partial charge < -0.3 is 18.8 Å². The number of benzene rings is 1. The SMILES string of the molecule is Cc1cn2cc(C3=CC(Oc4ccccc4)N4C=C(C5=CCN(C(=O)OC(C)(C)C)CC5)C=CC4=N3)cc2c(C)n1. The Balaban J connectivity index is 1.29. The van der Waals surface area contributed by atoms with Gasteiger partial charge >= 0.3 is 6.09 Å². The highest BCUT2D eigenvalue weighted by Gasteiger charge is 2.30. The van der Waals surface area contributed by atoms with Crippen LogP contribution in [-0.4, -0.2) is 56.0 Å². The van der Waals surface area contributed by atoms with Crippen molar-refractivity contribution in [1.82, 2.24) is 19.2 Å². The van der Waals surface area contributed by atoms with E-state index in [1.54, 1.807) is 4.90 Å². The number of ether oxygens (including phenoxy) is 2. The average Bonchev–Trinajstić information content (AvgIpc) is 3.37. The number of nitrogens with zero attached hydrogens (tertiary/aromatic N) is 5. The molecule has 8 nitrogen and oxygen atoms in total. The van der Waals surface area contributed by atoms with Gasteiger partial charge in [-0.05, 0) is 82.5 Å². The fourth-order valence-corrected chi connectivity index (χ4v) is 5.26. The minimum atomic E-state index is -0.512. The fraction of sp³-hybridized carbons (Fsp3) is 0.303. The smallest absolute Gasteiger partial charge is 0.410 e. The van der Waals surface area contributed by atoms with E-state index in [9.17, 15) is 4.79 Å². The topological polar surface area (TPSA) is 71.7 Å². The number of para-hydroxylation sites is 1. The zero-order chi connectivity index (χ0) is 28.7. The van der Waals surface area contributed by atoms with Crippen molar-refractivity contribution in [3.05, 3.63) is 107 Å². The van der Waals surface area contributed by atoms with E-state index in [0.29, 0.717) is 13.1 Å². The molecule has 3 aromatic rings. The van der Waals surface area contributed by atoms with E-state index < -0.39 is 11.8 Å². The molecule has 0 saturated heterocycles. The van der Waals surface area contributed by atoms with Crippen LogP contribution in [0.2, 0.25) is 0 Å². The molecule has 3 aliphatic rings. The summed E-state index contributed by atoms with van der Waals surface area (Å²) in [6, 6.07) is 12.0. The molecule has 1 aromatic carbocycles. The third kappa shape index (κ3) is 5.68. The molecule has 41 heavy (non-hydrogen) atoms. The van der Waals surface area contributed by atoms with Crippen molar-refractivity contribution in [2.24, 2.45) is 4.99 Å².